The predicted molar refractivity (Wildman–Crippen MR) is 80.4 cm³/mol. The van der Waals surface area contributed by atoms with Crippen molar-refractivity contribution in [2.24, 2.45) is 0 Å². The molecule has 0 radical (unpaired) electrons. The van der Waals surface area contributed by atoms with Crippen molar-refractivity contribution in [3.63, 3.8) is 0 Å². The summed E-state index contributed by atoms with van der Waals surface area (Å²) < 4.78 is 0. The van der Waals surface area contributed by atoms with Crippen molar-refractivity contribution < 1.29 is 5.11 Å². The summed E-state index contributed by atoms with van der Waals surface area (Å²) in [6.45, 7) is 4.24. The summed E-state index contributed by atoms with van der Waals surface area (Å²) in [6.07, 6.45) is 5.54. The molecule has 0 aromatic heterocycles. The van der Waals surface area contributed by atoms with Gasteiger partial charge in [0.25, 0.3) is 0 Å². The molecule has 0 amide bonds. The number of rotatable bonds is 3. The fraction of sp³-hybridized carbons (Fsp3) is 0.647. The summed E-state index contributed by atoms with van der Waals surface area (Å²) in [6, 6.07) is 6.37. The van der Waals surface area contributed by atoms with Gasteiger partial charge in [-0.05, 0) is 57.5 Å². The summed E-state index contributed by atoms with van der Waals surface area (Å²) in [5.74, 6) is 0. The Morgan fingerprint density at radius 1 is 1.05 bits per heavy atom. The van der Waals surface area contributed by atoms with Gasteiger partial charge in [-0.25, -0.2) is 0 Å². The number of nitrogens with zero attached hydrogens (tertiary/aromatic N) is 1. The van der Waals surface area contributed by atoms with E-state index in [1.165, 1.54) is 30.4 Å². The monoisotopic (exact) mass is 261 g/mol. The first-order chi connectivity index (χ1) is 8.97. The Morgan fingerprint density at radius 2 is 1.68 bits per heavy atom. The fourth-order valence-electron chi connectivity index (χ4n) is 3.37. The maximum Gasteiger partial charge on any atom is 0.0973 e. The van der Waals surface area contributed by atoms with Gasteiger partial charge >= 0.3 is 0 Å². The van der Waals surface area contributed by atoms with Crippen molar-refractivity contribution in [3.8, 4) is 0 Å². The van der Waals surface area contributed by atoms with Crippen LogP contribution in [0.2, 0.25) is 0 Å². The van der Waals surface area contributed by atoms with Crippen LogP contribution >= 0.6 is 0 Å². The Labute approximate surface area is 117 Å². The Bertz CT molecular complexity index is 433. The number of aliphatic hydroxyl groups excluding tert-OH is 1. The zero-order chi connectivity index (χ0) is 14.0. The van der Waals surface area contributed by atoms with E-state index in [1.54, 1.807) is 0 Å². The predicted octanol–water partition coefficient (Wildman–Crippen LogP) is 3.60. The maximum atomic E-state index is 10.9. The van der Waals surface area contributed by atoms with Crippen molar-refractivity contribution in [2.75, 3.05) is 14.1 Å². The summed E-state index contributed by atoms with van der Waals surface area (Å²) in [7, 11) is 4.21. The average molecular weight is 261 g/mol. The first kappa shape index (κ1) is 14.5. The molecule has 0 bridgehead atoms. The molecule has 1 fully saturated rings. The fourth-order valence-corrected chi connectivity index (χ4v) is 3.37. The smallest absolute Gasteiger partial charge is 0.0973 e. The molecule has 0 heterocycles. The Kier molecular flexibility index (Phi) is 4.32. The minimum atomic E-state index is -0.387. The van der Waals surface area contributed by atoms with Gasteiger partial charge in [-0.15, -0.1) is 0 Å². The topological polar surface area (TPSA) is 23.5 Å². The van der Waals surface area contributed by atoms with Crippen LogP contribution in [0, 0.1) is 13.8 Å². The highest BCUT2D eigenvalue weighted by atomic mass is 16.3. The quantitative estimate of drug-likeness (QED) is 0.898. The molecule has 0 saturated heterocycles. The number of benzene rings is 1. The Balaban J connectivity index is 2.33. The lowest BCUT2D eigenvalue weighted by molar-refractivity contribution is -0.0336. The van der Waals surface area contributed by atoms with Crippen molar-refractivity contribution in [1.29, 1.82) is 0 Å². The van der Waals surface area contributed by atoms with Crippen molar-refractivity contribution in [3.05, 3.63) is 34.9 Å². The zero-order valence-corrected chi connectivity index (χ0v) is 12.7. The van der Waals surface area contributed by atoms with Gasteiger partial charge < -0.3 is 10.0 Å². The van der Waals surface area contributed by atoms with Crippen LogP contribution in [0.3, 0.4) is 0 Å². The third-order valence-corrected chi connectivity index (χ3v) is 4.97. The van der Waals surface area contributed by atoms with E-state index in [9.17, 15) is 5.11 Å². The molecule has 0 aliphatic heterocycles. The highest BCUT2D eigenvalue weighted by Crippen LogP contribution is 2.42. The summed E-state index contributed by atoms with van der Waals surface area (Å²) in [5.41, 5.74) is 3.54. The average Bonchev–Trinajstić information content (AvgIpc) is 2.41. The molecule has 2 rings (SSSR count). The molecule has 106 valence electrons. The third-order valence-electron chi connectivity index (χ3n) is 4.97. The Morgan fingerprint density at radius 3 is 2.21 bits per heavy atom. The first-order valence-electron chi connectivity index (χ1n) is 7.40. The minimum absolute atomic E-state index is 0.0834. The van der Waals surface area contributed by atoms with Crippen LogP contribution in [0.4, 0.5) is 0 Å². The number of aliphatic hydroxyl groups is 1. The summed E-state index contributed by atoms with van der Waals surface area (Å²) in [4.78, 5) is 2.24. The largest absolute Gasteiger partial charge is 0.386 e. The SMILES string of the molecule is Cc1ccc(C(O)C2(N(C)C)CCCCC2)cc1C. The lowest BCUT2D eigenvalue weighted by Gasteiger charge is -2.46. The van der Waals surface area contributed by atoms with Crippen LogP contribution in [0.25, 0.3) is 0 Å². The molecule has 2 nitrogen and oxygen atoms in total. The van der Waals surface area contributed by atoms with E-state index >= 15 is 0 Å². The molecule has 2 heteroatoms. The van der Waals surface area contributed by atoms with E-state index in [1.807, 2.05) is 0 Å². The van der Waals surface area contributed by atoms with Crippen molar-refractivity contribution in [2.45, 2.75) is 57.6 Å². The van der Waals surface area contributed by atoms with Gasteiger partial charge in [0, 0.05) is 0 Å². The highest BCUT2D eigenvalue weighted by Gasteiger charge is 2.41. The maximum absolute atomic E-state index is 10.9. The van der Waals surface area contributed by atoms with Gasteiger partial charge in [-0.1, -0.05) is 37.5 Å². The number of hydrogen-bond acceptors (Lipinski definition) is 2. The second-order valence-electron chi connectivity index (χ2n) is 6.30. The van der Waals surface area contributed by atoms with Gasteiger partial charge in [0.2, 0.25) is 0 Å². The van der Waals surface area contributed by atoms with Gasteiger partial charge in [0.15, 0.2) is 0 Å². The first-order valence-corrected chi connectivity index (χ1v) is 7.40. The van der Waals surface area contributed by atoms with Crippen LogP contribution in [-0.2, 0) is 0 Å². The normalized spacial score (nSPS) is 20.5. The molecule has 1 N–H and O–H groups in total. The standard InChI is InChI=1S/C17H27NO/c1-13-8-9-15(12-14(13)2)16(19)17(18(3)4)10-6-5-7-11-17/h8-9,12,16,19H,5-7,10-11H2,1-4H3. The van der Waals surface area contributed by atoms with E-state index in [2.05, 4.69) is 51.0 Å². The summed E-state index contributed by atoms with van der Waals surface area (Å²) >= 11 is 0. The van der Waals surface area contributed by atoms with Crippen LogP contribution in [0.1, 0.15) is 54.9 Å². The van der Waals surface area contributed by atoms with Gasteiger partial charge in [-0.3, -0.25) is 0 Å². The van der Waals surface area contributed by atoms with E-state index in [4.69, 9.17) is 0 Å². The van der Waals surface area contributed by atoms with Gasteiger partial charge in [0.1, 0.15) is 0 Å². The van der Waals surface area contributed by atoms with Crippen LogP contribution in [-0.4, -0.2) is 29.6 Å². The Hall–Kier alpha value is -0.860. The number of likely N-dealkylation sites (N-methyl/N-ethyl adjacent to an activating group) is 1. The molecule has 1 saturated carbocycles. The second-order valence-corrected chi connectivity index (χ2v) is 6.30. The van der Waals surface area contributed by atoms with E-state index in [-0.39, 0.29) is 11.6 Å². The molecule has 0 spiro atoms. The van der Waals surface area contributed by atoms with Gasteiger partial charge in [-0.2, -0.15) is 0 Å². The lowest BCUT2D eigenvalue weighted by atomic mass is 9.74. The molecule has 1 aliphatic carbocycles. The van der Waals surface area contributed by atoms with Crippen LogP contribution in [0.5, 0.6) is 0 Å². The van der Waals surface area contributed by atoms with E-state index in [0.29, 0.717) is 0 Å². The molecule has 1 aromatic rings. The van der Waals surface area contributed by atoms with E-state index in [0.717, 1.165) is 18.4 Å². The lowest BCUT2D eigenvalue weighted by Crippen LogP contribution is -2.50. The van der Waals surface area contributed by atoms with Crippen molar-refractivity contribution >= 4 is 0 Å². The van der Waals surface area contributed by atoms with Crippen molar-refractivity contribution in [1.82, 2.24) is 4.90 Å². The molecule has 1 aliphatic rings. The molecule has 1 aromatic carbocycles. The summed E-state index contributed by atoms with van der Waals surface area (Å²) in [5, 5.41) is 10.9. The molecule has 1 atom stereocenters. The van der Waals surface area contributed by atoms with Crippen LogP contribution in [0.15, 0.2) is 18.2 Å². The number of hydrogen-bond donors (Lipinski definition) is 1. The minimum Gasteiger partial charge on any atom is -0.386 e. The molecule has 19 heavy (non-hydrogen) atoms. The molecular formula is C17H27NO. The number of aryl methyl sites for hydroxylation is 2. The van der Waals surface area contributed by atoms with Gasteiger partial charge in [0.05, 0.1) is 11.6 Å². The van der Waals surface area contributed by atoms with E-state index < -0.39 is 0 Å². The highest BCUT2D eigenvalue weighted by molar-refractivity contribution is 5.32. The molecular weight excluding hydrogens is 234 g/mol. The van der Waals surface area contributed by atoms with Crippen LogP contribution < -0.4 is 0 Å². The third kappa shape index (κ3) is 2.70. The zero-order valence-electron chi connectivity index (χ0n) is 12.7. The second kappa shape index (κ2) is 5.64. The molecule has 1 unspecified atom stereocenters.